The standard InChI is InChI=1S/C8H14N2/c1-3-7(9)8-5-4-6-10(8)2/h4-7H,3,9H2,1-2H3. The largest absolute Gasteiger partial charge is 0.353 e. The van der Waals surface area contributed by atoms with E-state index >= 15 is 0 Å². The van der Waals surface area contributed by atoms with E-state index in [1.807, 2.05) is 19.3 Å². The van der Waals surface area contributed by atoms with E-state index in [0.717, 1.165) is 6.42 Å². The van der Waals surface area contributed by atoms with Crippen LogP contribution in [-0.4, -0.2) is 4.57 Å². The Kier molecular flexibility index (Phi) is 2.12. The number of nitrogens with zero attached hydrogens (tertiary/aromatic N) is 1. The molecule has 0 aromatic carbocycles. The van der Waals surface area contributed by atoms with Crippen LogP contribution in [-0.2, 0) is 7.05 Å². The molecule has 0 amide bonds. The van der Waals surface area contributed by atoms with Crippen LogP contribution in [0, 0.1) is 0 Å². The smallest absolute Gasteiger partial charge is 0.0447 e. The second-order valence-electron chi connectivity index (χ2n) is 2.56. The Hall–Kier alpha value is -0.760. The van der Waals surface area contributed by atoms with E-state index in [4.69, 9.17) is 5.73 Å². The van der Waals surface area contributed by atoms with Crippen LogP contribution in [0.25, 0.3) is 0 Å². The Balaban J connectivity index is 2.82. The van der Waals surface area contributed by atoms with Crippen LogP contribution in [0.3, 0.4) is 0 Å². The fraction of sp³-hybridized carbons (Fsp3) is 0.500. The molecule has 0 saturated heterocycles. The van der Waals surface area contributed by atoms with E-state index in [1.54, 1.807) is 0 Å². The van der Waals surface area contributed by atoms with Crippen LogP contribution < -0.4 is 5.73 Å². The minimum atomic E-state index is 0.194. The Morgan fingerprint density at radius 1 is 1.70 bits per heavy atom. The molecule has 0 saturated carbocycles. The van der Waals surface area contributed by atoms with Gasteiger partial charge >= 0.3 is 0 Å². The molecule has 1 atom stereocenters. The number of aryl methyl sites for hydroxylation is 1. The van der Waals surface area contributed by atoms with Gasteiger partial charge in [-0.1, -0.05) is 6.92 Å². The minimum Gasteiger partial charge on any atom is -0.353 e. The Labute approximate surface area is 61.7 Å². The number of hydrogen-bond donors (Lipinski definition) is 1. The van der Waals surface area contributed by atoms with Crippen LogP contribution in [0.4, 0.5) is 0 Å². The first kappa shape index (κ1) is 7.35. The number of hydrogen-bond acceptors (Lipinski definition) is 1. The molecule has 1 unspecified atom stereocenters. The fourth-order valence-corrected chi connectivity index (χ4v) is 1.07. The van der Waals surface area contributed by atoms with Crippen LogP contribution in [0.2, 0.25) is 0 Å². The first-order valence-corrected chi connectivity index (χ1v) is 3.62. The maximum Gasteiger partial charge on any atom is 0.0447 e. The minimum absolute atomic E-state index is 0.194. The van der Waals surface area contributed by atoms with Crippen molar-refractivity contribution in [2.75, 3.05) is 0 Å². The van der Waals surface area contributed by atoms with Gasteiger partial charge in [-0.05, 0) is 18.6 Å². The Morgan fingerprint density at radius 3 is 2.80 bits per heavy atom. The highest BCUT2D eigenvalue weighted by molar-refractivity contribution is 5.10. The summed E-state index contributed by atoms with van der Waals surface area (Å²) in [6.45, 7) is 2.09. The lowest BCUT2D eigenvalue weighted by Gasteiger charge is -2.09. The normalized spacial score (nSPS) is 13.5. The van der Waals surface area contributed by atoms with Gasteiger partial charge in [-0.15, -0.1) is 0 Å². The van der Waals surface area contributed by atoms with E-state index in [9.17, 15) is 0 Å². The third-order valence-corrected chi connectivity index (χ3v) is 1.80. The number of aromatic nitrogens is 1. The first-order valence-electron chi connectivity index (χ1n) is 3.62. The summed E-state index contributed by atoms with van der Waals surface area (Å²) in [6.07, 6.45) is 3.02. The van der Waals surface area contributed by atoms with Crippen molar-refractivity contribution < 1.29 is 0 Å². The summed E-state index contributed by atoms with van der Waals surface area (Å²) in [5.41, 5.74) is 7.03. The zero-order chi connectivity index (χ0) is 7.56. The highest BCUT2D eigenvalue weighted by Crippen LogP contribution is 2.12. The molecule has 1 aromatic rings. The zero-order valence-corrected chi connectivity index (χ0v) is 6.54. The van der Waals surface area contributed by atoms with Gasteiger partial charge in [-0.2, -0.15) is 0 Å². The van der Waals surface area contributed by atoms with Crippen molar-refractivity contribution in [2.24, 2.45) is 12.8 Å². The van der Waals surface area contributed by atoms with Gasteiger partial charge in [0.15, 0.2) is 0 Å². The SMILES string of the molecule is CCC(N)c1cccn1C. The highest BCUT2D eigenvalue weighted by atomic mass is 14.9. The molecular formula is C8H14N2. The average Bonchev–Trinajstić information content (AvgIpc) is 2.34. The summed E-state index contributed by atoms with van der Waals surface area (Å²) in [7, 11) is 2.02. The molecule has 2 heteroatoms. The van der Waals surface area contributed by atoms with Crippen molar-refractivity contribution >= 4 is 0 Å². The van der Waals surface area contributed by atoms with Crippen LogP contribution in [0.15, 0.2) is 18.3 Å². The van der Waals surface area contributed by atoms with Gasteiger partial charge in [0.2, 0.25) is 0 Å². The summed E-state index contributed by atoms with van der Waals surface area (Å²) in [4.78, 5) is 0. The molecule has 56 valence electrons. The molecule has 1 rings (SSSR count). The van der Waals surface area contributed by atoms with Crippen molar-refractivity contribution in [1.29, 1.82) is 0 Å². The van der Waals surface area contributed by atoms with E-state index < -0.39 is 0 Å². The van der Waals surface area contributed by atoms with Crippen molar-refractivity contribution in [1.82, 2.24) is 4.57 Å². The summed E-state index contributed by atoms with van der Waals surface area (Å²) in [5.74, 6) is 0. The lowest BCUT2D eigenvalue weighted by molar-refractivity contribution is 0.640. The number of nitrogens with two attached hydrogens (primary N) is 1. The molecule has 0 aliphatic rings. The molecule has 1 heterocycles. The van der Waals surface area contributed by atoms with Gasteiger partial charge in [0.05, 0.1) is 0 Å². The summed E-state index contributed by atoms with van der Waals surface area (Å²) in [6, 6.07) is 4.28. The Morgan fingerprint density at radius 2 is 2.40 bits per heavy atom. The third-order valence-electron chi connectivity index (χ3n) is 1.80. The molecule has 0 bridgehead atoms. The van der Waals surface area contributed by atoms with Crippen LogP contribution in [0.5, 0.6) is 0 Å². The lowest BCUT2D eigenvalue weighted by Crippen LogP contribution is -2.12. The first-order chi connectivity index (χ1) is 4.75. The third kappa shape index (κ3) is 1.21. The van der Waals surface area contributed by atoms with E-state index in [-0.39, 0.29) is 6.04 Å². The molecule has 2 N–H and O–H groups in total. The van der Waals surface area contributed by atoms with E-state index in [2.05, 4.69) is 17.6 Å². The molecule has 0 fully saturated rings. The Bertz CT molecular complexity index is 203. The van der Waals surface area contributed by atoms with Crippen molar-refractivity contribution in [3.8, 4) is 0 Å². The second-order valence-corrected chi connectivity index (χ2v) is 2.56. The molecule has 0 spiro atoms. The molecule has 1 aromatic heterocycles. The second kappa shape index (κ2) is 2.88. The fourth-order valence-electron chi connectivity index (χ4n) is 1.07. The molecule has 10 heavy (non-hydrogen) atoms. The van der Waals surface area contributed by atoms with Crippen molar-refractivity contribution in [3.63, 3.8) is 0 Å². The topological polar surface area (TPSA) is 30.9 Å². The summed E-state index contributed by atoms with van der Waals surface area (Å²) >= 11 is 0. The van der Waals surface area contributed by atoms with Gasteiger partial charge in [0.1, 0.15) is 0 Å². The van der Waals surface area contributed by atoms with Gasteiger partial charge in [0.25, 0.3) is 0 Å². The molecule has 0 radical (unpaired) electrons. The monoisotopic (exact) mass is 138 g/mol. The van der Waals surface area contributed by atoms with Gasteiger partial charge in [-0.3, -0.25) is 0 Å². The van der Waals surface area contributed by atoms with E-state index in [0.29, 0.717) is 0 Å². The van der Waals surface area contributed by atoms with E-state index in [1.165, 1.54) is 5.69 Å². The maximum absolute atomic E-state index is 5.82. The van der Waals surface area contributed by atoms with Gasteiger partial charge in [-0.25, -0.2) is 0 Å². The quantitative estimate of drug-likeness (QED) is 0.658. The molecule has 0 aliphatic carbocycles. The van der Waals surface area contributed by atoms with Crippen molar-refractivity contribution in [3.05, 3.63) is 24.0 Å². The van der Waals surface area contributed by atoms with Gasteiger partial charge in [0, 0.05) is 25.0 Å². The summed E-state index contributed by atoms with van der Waals surface area (Å²) < 4.78 is 2.06. The van der Waals surface area contributed by atoms with Crippen molar-refractivity contribution in [2.45, 2.75) is 19.4 Å². The predicted octanol–water partition coefficient (Wildman–Crippen LogP) is 1.43. The molecule has 2 nitrogen and oxygen atoms in total. The molecular weight excluding hydrogens is 124 g/mol. The maximum atomic E-state index is 5.82. The molecule has 0 aliphatic heterocycles. The van der Waals surface area contributed by atoms with Crippen LogP contribution in [0.1, 0.15) is 25.1 Å². The highest BCUT2D eigenvalue weighted by Gasteiger charge is 2.04. The lowest BCUT2D eigenvalue weighted by atomic mass is 10.2. The number of rotatable bonds is 2. The van der Waals surface area contributed by atoms with Gasteiger partial charge < -0.3 is 10.3 Å². The zero-order valence-electron chi connectivity index (χ0n) is 6.54. The average molecular weight is 138 g/mol. The predicted molar refractivity (Wildman–Crippen MR) is 42.6 cm³/mol. The van der Waals surface area contributed by atoms with Crippen LogP contribution >= 0.6 is 0 Å². The summed E-state index contributed by atoms with van der Waals surface area (Å²) in [5, 5.41) is 0.